The Labute approximate surface area is 227 Å². The van der Waals surface area contributed by atoms with E-state index in [1.807, 2.05) is 66.9 Å². The molecule has 2 aromatic carbocycles. The van der Waals surface area contributed by atoms with Gasteiger partial charge in [0.25, 0.3) is 0 Å². The second-order valence-electron chi connectivity index (χ2n) is 9.60. The lowest BCUT2D eigenvalue weighted by atomic mass is 9.69. The van der Waals surface area contributed by atoms with E-state index in [1.54, 1.807) is 25.6 Å². The molecule has 1 aliphatic carbocycles. The van der Waals surface area contributed by atoms with Crippen molar-refractivity contribution in [2.75, 3.05) is 20.8 Å². The lowest BCUT2D eigenvalue weighted by Gasteiger charge is -2.36. The van der Waals surface area contributed by atoms with E-state index in [0.29, 0.717) is 42.0 Å². The molecule has 6 nitrogen and oxygen atoms in total. The summed E-state index contributed by atoms with van der Waals surface area (Å²) < 4.78 is 17.1. The van der Waals surface area contributed by atoms with Crippen LogP contribution in [0.25, 0.3) is 0 Å². The van der Waals surface area contributed by atoms with Gasteiger partial charge in [-0.1, -0.05) is 48.5 Å². The van der Waals surface area contributed by atoms with Crippen molar-refractivity contribution in [3.8, 4) is 11.5 Å². The average molecular weight is 530 g/mol. The summed E-state index contributed by atoms with van der Waals surface area (Å²) in [6.07, 6.45) is 1.64. The topological polar surface area (TPSA) is 74.2 Å². The molecule has 0 saturated heterocycles. The number of hydrogen-bond acceptors (Lipinski definition) is 7. The maximum atomic E-state index is 13.8. The Hall–Kier alpha value is -3.71. The van der Waals surface area contributed by atoms with Gasteiger partial charge in [-0.15, -0.1) is 11.3 Å². The number of aliphatic imine (C=N–C) groups is 1. The van der Waals surface area contributed by atoms with Gasteiger partial charge in [0.1, 0.15) is 5.92 Å². The molecule has 0 bridgehead atoms. The zero-order valence-electron chi connectivity index (χ0n) is 21.8. The first kappa shape index (κ1) is 25.9. The van der Waals surface area contributed by atoms with Crippen LogP contribution < -0.4 is 9.47 Å². The molecule has 1 aliphatic heterocycles. The maximum Gasteiger partial charge on any atom is 0.315 e. The standard InChI is InChI=1S/C31H31NO5S/c1-19-27(31(34)37-15-14-20-9-5-4-6-10-20)28(22-11-7-12-25(35-2)30(22)36-3)29-23(32-19)17-21(18-24(29)33)26-13-8-16-38-26/h4-13,16,21,27-28H,14-15,17-18H2,1-3H3. The predicted molar refractivity (Wildman–Crippen MR) is 148 cm³/mol. The monoisotopic (exact) mass is 529 g/mol. The number of hydrogen-bond donors (Lipinski definition) is 0. The van der Waals surface area contributed by atoms with E-state index in [-0.39, 0.29) is 18.3 Å². The van der Waals surface area contributed by atoms with Crippen LogP contribution in [-0.4, -0.2) is 38.3 Å². The van der Waals surface area contributed by atoms with Crippen molar-refractivity contribution < 1.29 is 23.8 Å². The normalized spacial score (nSPS) is 21.0. The smallest absolute Gasteiger partial charge is 0.315 e. The van der Waals surface area contributed by atoms with Crippen LogP contribution in [0.1, 0.15) is 47.6 Å². The lowest BCUT2D eigenvalue weighted by molar-refractivity contribution is -0.146. The van der Waals surface area contributed by atoms with Crippen molar-refractivity contribution in [2.45, 2.75) is 38.0 Å². The number of carbonyl (C=O) groups excluding carboxylic acids is 2. The first-order chi connectivity index (χ1) is 18.5. The highest BCUT2D eigenvalue weighted by atomic mass is 32.1. The highest BCUT2D eigenvalue weighted by Gasteiger charge is 2.46. The molecule has 196 valence electrons. The molecule has 5 rings (SSSR count). The summed E-state index contributed by atoms with van der Waals surface area (Å²) in [5.74, 6) is -0.559. The van der Waals surface area contributed by atoms with Crippen molar-refractivity contribution in [2.24, 2.45) is 10.9 Å². The number of allylic oxidation sites excluding steroid dienone is 2. The molecule has 2 aliphatic rings. The number of carbonyl (C=O) groups is 2. The molecule has 3 atom stereocenters. The molecule has 0 radical (unpaired) electrons. The molecule has 0 saturated carbocycles. The molecular weight excluding hydrogens is 498 g/mol. The highest BCUT2D eigenvalue weighted by molar-refractivity contribution is 7.10. The summed E-state index contributed by atoms with van der Waals surface area (Å²) in [7, 11) is 3.15. The molecule has 0 fully saturated rings. The van der Waals surface area contributed by atoms with Gasteiger partial charge in [0.05, 0.1) is 20.8 Å². The van der Waals surface area contributed by atoms with Gasteiger partial charge >= 0.3 is 5.97 Å². The summed E-state index contributed by atoms with van der Waals surface area (Å²) in [5, 5.41) is 2.03. The van der Waals surface area contributed by atoms with Crippen LogP contribution in [0.5, 0.6) is 11.5 Å². The number of ketones is 1. The van der Waals surface area contributed by atoms with Gasteiger partial charge < -0.3 is 14.2 Å². The largest absolute Gasteiger partial charge is 0.493 e. The number of ether oxygens (including phenoxy) is 3. The molecule has 3 unspecified atom stereocenters. The van der Waals surface area contributed by atoms with Crippen LogP contribution in [0.2, 0.25) is 0 Å². The minimum Gasteiger partial charge on any atom is -0.493 e. The number of rotatable bonds is 8. The average Bonchev–Trinajstić information content (AvgIpc) is 3.47. The first-order valence-electron chi connectivity index (χ1n) is 12.8. The SMILES string of the molecule is COc1cccc(C2C3=C(CC(c4cccs4)CC3=O)N=C(C)C2C(=O)OCCc2ccccc2)c1OC. The fourth-order valence-corrected chi connectivity index (χ4v) is 6.42. The number of thiophene rings is 1. The molecule has 7 heteroatoms. The number of benzene rings is 2. The summed E-state index contributed by atoms with van der Waals surface area (Å²) in [6.45, 7) is 2.10. The van der Waals surface area contributed by atoms with Gasteiger partial charge in [-0.05, 0) is 36.4 Å². The Balaban J connectivity index is 1.53. The zero-order chi connectivity index (χ0) is 26.6. The third-order valence-electron chi connectivity index (χ3n) is 7.33. The fourth-order valence-electron chi connectivity index (χ4n) is 5.59. The summed E-state index contributed by atoms with van der Waals surface area (Å²) in [6, 6.07) is 19.6. The van der Waals surface area contributed by atoms with Crippen molar-refractivity contribution in [3.05, 3.63) is 93.3 Å². The minimum atomic E-state index is -0.743. The van der Waals surface area contributed by atoms with Crippen molar-refractivity contribution in [1.82, 2.24) is 0 Å². The Morgan fingerprint density at radius 1 is 1.00 bits per heavy atom. The molecular formula is C31H31NO5S. The van der Waals surface area contributed by atoms with Gasteiger partial charge in [0, 0.05) is 52.1 Å². The van der Waals surface area contributed by atoms with Crippen molar-refractivity contribution in [3.63, 3.8) is 0 Å². The third kappa shape index (κ3) is 5.03. The van der Waals surface area contributed by atoms with Crippen LogP contribution in [0.4, 0.5) is 0 Å². The Morgan fingerprint density at radius 3 is 2.53 bits per heavy atom. The quantitative estimate of drug-likeness (QED) is 0.329. The molecule has 0 amide bonds. The van der Waals surface area contributed by atoms with E-state index >= 15 is 0 Å². The van der Waals surface area contributed by atoms with Gasteiger partial charge in [-0.3, -0.25) is 14.6 Å². The van der Waals surface area contributed by atoms with Gasteiger partial charge in [-0.25, -0.2) is 0 Å². The number of Topliss-reactive ketones (excluding diaryl/α,β-unsaturated/α-hetero) is 1. The summed E-state index contributed by atoms with van der Waals surface area (Å²) >= 11 is 1.66. The van der Waals surface area contributed by atoms with Crippen molar-refractivity contribution >= 4 is 28.8 Å². The molecule has 1 aromatic heterocycles. The van der Waals surface area contributed by atoms with E-state index in [4.69, 9.17) is 19.2 Å². The van der Waals surface area contributed by atoms with E-state index in [2.05, 4.69) is 6.07 Å². The van der Waals surface area contributed by atoms with Crippen LogP contribution in [0.3, 0.4) is 0 Å². The number of methoxy groups -OCH3 is 2. The molecule has 3 aromatic rings. The number of nitrogens with zero attached hydrogens (tertiary/aromatic N) is 1. The van der Waals surface area contributed by atoms with Gasteiger partial charge in [-0.2, -0.15) is 0 Å². The highest BCUT2D eigenvalue weighted by Crippen LogP contribution is 2.50. The molecule has 38 heavy (non-hydrogen) atoms. The van der Waals surface area contributed by atoms with Gasteiger partial charge in [0.15, 0.2) is 17.3 Å². The first-order valence-corrected chi connectivity index (χ1v) is 13.7. The van der Waals surface area contributed by atoms with E-state index < -0.39 is 17.8 Å². The van der Waals surface area contributed by atoms with E-state index in [0.717, 1.165) is 16.8 Å². The van der Waals surface area contributed by atoms with E-state index in [1.165, 1.54) is 4.88 Å². The number of para-hydroxylation sites is 1. The molecule has 2 heterocycles. The zero-order valence-corrected chi connectivity index (χ0v) is 22.6. The third-order valence-corrected chi connectivity index (χ3v) is 8.37. The van der Waals surface area contributed by atoms with Crippen LogP contribution in [-0.2, 0) is 20.7 Å². The van der Waals surface area contributed by atoms with Crippen molar-refractivity contribution in [1.29, 1.82) is 0 Å². The fraction of sp³-hybridized carbons (Fsp3) is 0.323. The molecule has 0 N–H and O–H groups in total. The van der Waals surface area contributed by atoms with E-state index in [9.17, 15) is 9.59 Å². The Kier molecular flexibility index (Phi) is 7.74. The van der Waals surface area contributed by atoms with Crippen LogP contribution >= 0.6 is 11.3 Å². The summed E-state index contributed by atoms with van der Waals surface area (Å²) in [5.41, 5.74) is 3.79. The predicted octanol–water partition coefficient (Wildman–Crippen LogP) is 6.13. The molecule has 0 spiro atoms. The summed E-state index contributed by atoms with van der Waals surface area (Å²) in [4.78, 5) is 33.5. The maximum absolute atomic E-state index is 13.8. The number of esters is 1. The minimum absolute atomic E-state index is 0.0119. The second kappa shape index (κ2) is 11.4. The van der Waals surface area contributed by atoms with Crippen LogP contribution in [0.15, 0.2) is 82.3 Å². The Morgan fingerprint density at radius 2 is 1.82 bits per heavy atom. The van der Waals surface area contributed by atoms with Gasteiger partial charge in [0.2, 0.25) is 0 Å². The van der Waals surface area contributed by atoms with Crippen LogP contribution in [0, 0.1) is 5.92 Å². The second-order valence-corrected chi connectivity index (χ2v) is 10.6. The lowest BCUT2D eigenvalue weighted by Crippen LogP contribution is -2.38. The Bertz CT molecular complexity index is 1380.